The Kier molecular flexibility index (Phi) is 4.21. The summed E-state index contributed by atoms with van der Waals surface area (Å²) in [5.74, 6) is 1.24. The van der Waals surface area contributed by atoms with Crippen LogP contribution >= 0.6 is 11.3 Å². The predicted octanol–water partition coefficient (Wildman–Crippen LogP) is 2.85. The molecular weight excluding hydrogens is 300 g/mol. The third-order valence-corrected chi connectivity index (χ3v) is 6.03. The molecule has 1 heterocycles. The monoisotopic (exact) mass is 322 g/mol. The Bertz CT molecular complexity index is 588. The summed E-state index contributed by atoms with van der Waals surface area (Å²) in [4.78, 5) is 29.1. The molecule has 6 heteroatoms. The molecular formula is C16H22N2O3S. The van der Waals surface area contributed by atoms with Gasteiger partial charge in [0.2, 0.25) is 5.91 Å². The Labute approximate surface area is 134 Å². The Morgan fingerprint density at radius 1 is 1.41 bits per heavy atom. The van der Waals surface area contributed by atoms with Gasteiger partial charge in [0, 0.05) is 5.92 Å². The normalized spacial score (nSPS) is 27.1. The van der Waals surface area contributed by atoms with Crippen LogP contribution in [0.25, 0.3) is 0 Å². The Morgan fingerprint density at radius 3 is 2.73 bits per heavy atom. The summed E-state index contributed by atoms with van der Waals surface area (Å²) in [6.45, 7) is 5.85. The lowest BCUT2D eigenvalue weighted by Gasteiger charge is -2.12. The molecule has 120 valence electrons. The van der Waals surface area contributed by atoms with Crippen LogP contribution in [0.15, 0.2) is 0 Å². The van der Waals surface area contributed by atoms with Crippen molar-refractivity contribution in [3.63, 3.8) is 0 Å². The lowest BCUT2D eigenvalue weighted by molar-refractivity contribution is -0.123. The van der Waals surface area contributed by atoms with Crippen molar-refractivity contribution < 1.29 is 14.3 Å². The first kappa shape index (κ1) is 15.5. The lowest BCUT2D eigenvalue weighted by atomic mass is 10.1. The van der Waals surface area contributed by atoms with Gasteiger partial charge in [-0.15, -0.1) is 11.3 Å². The number of ether oxygens (including phenoxy) is 1. The molecule has 0 saturated heterocycles. The number of rotatable bonds is 5. The van der Waals surface area contributed by atoms with Gasteiger partial charge in [0.25, 0.3) is 0 Å². The molecule has 22 heavy (non-hydrogen) atoms. The largest absolute Gasteiger partial charge is 0.462 e. The molecule has 0 radical (unpaired) electrons. The molecule has 2 saturated carbocycles. The van der Waals surface area contributed by atoms with E-state index in [9.17, 15) is 9.59 Å². The van der Waals surface area contributed by atoms with Crippen molar-refractivity contribution in [3.05, 3.63) is 15.6 Å². The maximum Gasteiger partial charge on any atom is 0.350 e. The van der Waals surface area contributed by atoms with Gasteiger partial charge < -0.3 is 10.1 Å². The molecule has 1 unspecified atom stereocenters. The van der Waals surface area contributed by atoms with Gasteiger partial charge >= 0.3 is 5.97 Å². The third kappa shape index (κ3) is 2.76. The zero-order valence-electron chi connectivity index (χ0n) is 13.2. The second-order valence-electron chi connectivity index (χ2n) is 6.20. The van der Waals surface area contributed by atoms with Gasteiger partial charge in [0.05, 0.1) is 18.3 Å². The summed E-state index contributed by atoms with van der Waals surface area (Å²) >= 11 is 1.31. The van der Waals surface area contributed by atoms with Gasteiger partial charge in [-0.25, -0.2) is 9.78 Å². The summed E-state index contributed by atoms with van der Waals surface area (Å²) in [7, 11) is 0. The number of thiazole rings is 1. The number of nitrogens with zero attached hydrogens (tertiary/aromatic N) is 1. The van der Waals surface area contributed by atoms with Crippen LogP contribution in [-0.2, 0) is 9.53 Å². The zero-order chi connectivity index (χ0) is 15.9. The minimum absolute atomic E-state index is 0.146. The fourth-order valence-electron chi connectivity index (χ4n) is 3.57. The Balaban J connectivity index is 1.62. The molecule has 0 aromatic carbocycles. The van der Waals surface area contributed by atoms with Crippen molar-refractivity contribution in [1.82, 2.24) is 10.3 Å². The van der Waals surface area contributed by atoms with Crippen molar-refractivity contribution in [2.45, 2.75) is 46.1 Å². The van der Waals surface area contributed by atoms with E-state index in [4.69, 9.17) is 4.74 Å². The van der Waals surface area contributed by atoms with Crippen LogP contribution in [0.1, 0.15) is 59.5 Å². The Hall–Kier alpha value is -1.43. The summed E-state index contributed by atoms with van der Waals surface area (Å²) < 4.78 is 5.03. The van der Waals surface area contributed by atoms with Crippen LogP contribution < -0.4 is 5.32 Å². The third-order valence-electron chi connectivity index (χ3n) is 4.71. The highest BCUT2D eigenvalue weighted by molar-refractivity contribution is 7.13. The number of amides is 1. The van der Waals surface area contributed by atoms with Gasteiger partial charge in [-0.05, 0) is 45.4 Å². The van der Waals surface area contributed by atoms with E-state index < -0.39 is 0 Å². The number of hydrogen-bond donors (Lipinski definition) is 1. The maximum absolute atomic E-state index is 12.3. The number of esters is 1. The van der Waals surface area contributed by atoms with Gasteiger partial charge in [-0.3, -0.25) is 4.79 Å². The van der Waals surface area contributed by atoms with E-state index in [0.29, 0.717) is 29.0 Å². The van der Waals surface area contributed by atoms with E-state index in [1.807, 2.05) is 6.92 Å². The number of carbonyl (C=O) groups excluding carboxylic acids is 2. The molecule has 2 aliphatic rings. The van der Waals surface area contributed by atoms with Crippen molar-refractivity contribution in [3.8, 4) is 0 Å². The number of fused-ring (bicyclic) bond motifs is 1. The van der Waals surface area contributed by atoms with Gasteiger partial charge in [0.1, 0.15) is 9.88 Å². The Morgan fingerprint density at radius 2 is 2.09 bits per heavy atom. The van der Waals surface area contributed by atoms with E-state index in [2.05, 4.69) is 10.3 Å². The highest BCUT2D eigenvalue weighted by atomic mass is 32.1. The quantitative estimate of drug-likeness (QED) is 0.846. The summed E-state index contributed by atoms with van der Waals surface area (Å²) in [6, 6.07) is -0.166. The highest BCUT2D eigenvalue weighted by Crippen LogP contribution is 2.57. The number of aromatic nitrogens is 1. The predicted molar refractivity (Wildman–Crippen MR) is 83.7 cm³/mol. The van der Waals surface area contributed by atoms with Gasteiger partial charge in [-0.1, -0.05) is 6.42 Å². The van der Waals surface area contributed by atoms with Crippen LogP contribution in [0.2, 0.25) is 0 Å². The summed E-state index contributed by atoms with van der Waals surface area (Å²) in [5, 5.41) is 3.82. The van der Waals surface area contributed by atoms with Crippen LogP contribution in [0.3, 0.4) is 0 Å². The smallest absolute Gasteiger partial charge is 0.350 e. The molecule has 0 aliphatic heterocycles. The van der Waals surface area contributed by atoms with Crippen molar-refractivity contribution in [2.75, 3.05) is 6.61 Å². The summed E-state index contributed by atoms with van der Waals surface area (Å²) in [6.07, 6.45) is 3.66. The molecule has 5 nitrogen and oxygen atoms in total. The fourth-order valence-corrected chi connectivity index (χ4v) is 4.53. The number of nitrogens with one attached hydrogen (secondary N) is 1. The topological polar surface area (TPSA) is 68.3 Å². The molecule has 1 aromatic heterocycles. The van der Waals surface area contributed by atoms with E-state index >= 15 is 0 Å². The van der Waals surface area contributed by atoms with E-state index in [0.717, 1.165) is 5.01 Å². The minimum atomic E-state index is -0.334. The number of aryl methyl sites for hydroxylation is 1. The standard InChI is InChI=1S/C16H22N2O3S/c1-4-21-16(20)13-8(2)18-15(22-13)9(3)17-14(19)12-10-6-5-7-11(10)12/h9-12H,4-7H2,1-3H3,(H,17,19)/t9-,10-,11+,12?/m0/s1. The first-order valence-electron chi connectivity index (χ1n) is 7.97. The lowest BCUT2D eigenvalue weighted by Crippen LogP contribution is -2.29. The fraction of sp³-hybridized carbons (Fsp3) is 0.688. The SMILES string of the molecule is CCOC(=O)c1sc([C@H](C)NC(=O)C2[C@H]3CCC[C@@H]23)nc1C. The van der Waals surface area contributed by atoms with Crippen LogP contribution in [0.5, 0.6) is 0 Å². The number of carbonyl (C=O) groups is 2. The molecule has 0 bridgehead atoms. The number of hydrogen-bond acceptors (Lipinski definition) is 5. The van der Waals surface area contributed by atoms with Crippen LogP contribution in [0, 0.1) is 24.7 Å². The molecule has 2 fully saturated rings. The maximum atomic E-state index is 12.3. The average molecular weight is 322 g/mol. The second kappa shape index (κ2) is 5.99. The van der Waals surface area contributed by atoms with Crippen LogP contribution in [-0.4, -0.2) is 23.5 Å². The van der Waals surface area contributed by atoms with E-state index in [1.54, 1.807) is 13.8 Å². The summed E-state index contributed by atoms with van der Waals surface area (Å²) in [5.41, 5.74) is 0.669. The average Bonchev–Trinajstić information content (AvgIpc) is 2.83. The minimum Gasteiger partial charge on any atom is -0.462 e. The van der Waals surface area contributed by atoms with Crippen molar-refractivity contribution >= 4 is 23.2 Å². The molecule has 2 aliphatic carbocycles. The van der Waals surface area contributed by atoms with E-state index in [-0.39, 0.29) is 23.8 Å². The molecule has 3 rings (SSSR count). The molecule has 1 amide bonds. The van der Waals surface area contributed by atoms with E-state index in [1.165, 1.54) is 30.6 Å². The first-order chi connectivity index (χ1) is 10.5. The van der Waals surface area contributed by atoms with Gasteiger partial charge in [-0.2, -0.15) is 0 Å². The van der Waals surface area contributed by atoms with Crippen molar-refractivity contribution in [2.24, 2.45) is 17.8 Å². The van der Waals surface area contributed by atoms with Gasteiger partial charge in [0.15, 0.2) is 0 Å². The highest BCUT2D eigenvalue weighted by Gasteiger charge is 2.56. The second-order valence-corrected chi connectivity index (χ2v) is 7.23. The molecule has 1 N–H and O–H groups in total. The molecule has 0 spiro atoms. The van der Waals surface area contributed by atoms with Crippen molar-refractivity contribution in [1.29, 1.82) is 0 Å². The first-order valence-corrected chi connectivity index (χ1v) is 8.79. The molecule has 4 atom stereocenters. The molecule has 1 aromatic rings. The zero-order valence-corrected chi connectivity index (χ0v) is 14.0. The van der Waals surface area contributed by atoms with Crippen LogP contribution in [0.4, 0.5) is 0 Å².